The molecule has 3 aromatic rings. The summed E-state index contributed by atoms with van der Waals surface area (Å²) in [6.07, 6.45) is -0.794. The van der Waals surface area contributed by atoms with Gasteiger partial charge in [0.25, 0.3) is 5.92 Å². The van der Waals surface area contributed by atoms with Crippen molar-refractivity contribution in [1.82, 2.24) is 19.8 Å². The molecular weight excluding hydrogens is 647 g/mol. The van der Waals surface area contributed by atoms with Gasteiger partial charge in [0, 0.05) is 23.7 Å². The second kappa shape index (κ2) is 11.1. The Bertz CT molecular complexity index is 1830. The molecule has 47 heavy (non-hydrogen) atoms. The predicted octanol–water partition coefficient (Wildman–Crippen LogP) is 6.00. The molecular formula is C31H30ClF5N8O2. The topological polar surface area (TPSA) is 127 Å². The van der Waals surface area contributed by atoms with Crippen molar-refractivity contribution in [1.29, 1.82) is 0 Å². The van der Waals surface area contributed by atoms with Crippen LogP contribution in [0.3, 0.4) is 0 Å². The first kappa shape index (κ1) is 31.2. The van der Waals surface area contributed by atoms with Crippen LogP contribution in [0.5, 0.6) is 5.75 Å². The van der Waals surface area contributed by atoms with E-state index in [1.165, 1.54) is 19.2 Å². The van der Waals surface area contributed by atoms with E-state index in [2.05, 4.69) is 20.3 Å². The zero-order chi connectivity index (χ0) is 33.3. The number of pyridine rings is 2. The van der Waals surface area contributed by atoms with E-state index < -0.39 is 28.9 Å². The smallest absolute Gasteiger partial charge is 0.418 e. The van der Waals surface area contributed by atoms with Crippen molar-refractivity contribution in [2.24, 2.45) is 4.99 Å². The first-order valence-electron chi connectivity index (χ1n) is 14.9. The first-order valence-corrected chi connectivity index (χ1v) is 15.2. The van der Waals surface area contributed by atoms with E-state index in [0.717, 1.165) is 12.5 Å². The van der Waals surface area contributed by atoms with Gasteiger partial charge in [-0.3, -0.25) is 4.90 Å². The highest BCUT2D eigenvalue weighted by Gasteiger charge is 2.57. The van der Waals surface area contributed by atoms with Gasteiger partial charge in [0.1, 0.15) is 36.5 Å². The van der Waals surface area contributed by atoms with Gasteiger partial charge in [-0.15, -0.1) is 0 Å². The number of ether oxygens (including phenoxy) is 2. The lowest BCUT2D eigenvalue weighted by Gasteiger charge is -2.31. The zero-order valence-electron chi connectivity index (χ0n) is 25.1. The van der Waals surface area contributed by atoms with E-state index in [4.69, 9.17) is 32.5 Å². The molecule has 0 amide bonds. The summed E-state index contributed by atoms with van der Waals surface area (Å²) < 4.78 is 84.7. The summed E-state index contributed by atoms with van der Waals surface area (Å²) in [4.78, 5) is 16.3. The van der Waals surface area contributed by atoms with Crippen molar-refractivity contribution in [2.45, 2.75) is 50.4 Å². The van der Waals surface area contributed by atoms with Crippen LogP contribution in [0.4, 0.5) is 39.3 Å². The van der Waals surface area contributed by atoms with Gasteiger partial charge in [-0.05, 0) is 50.1 Å². The molecule has 5 N–H and O–H groups in total. The molecule has 248 valence electrons. The van der Waals surface area contributed by atoms with Crippen LogP contribution >= 0.6 is 11.6 Å². The minimum absolute atomic E-state index is 0.0245. The lowest BCUT2D eigenvalue weighted by Crippen LogP contribution is -2.42. The number of nitrogens with zero attached hydrogens (tertiary/aromatic N) is 5. The predicted molar refractivity (Wildman–Crippen MR) is 166 cm³/mol. The van der Waals surface area contributed by atoms with E-state index in [-0.39, 0.29) is 78.0 Å². The largest absolute Gasteiger partial charge is 0.462 e. The molecule has 0 aliphatic carbocycles. The zero-order valence-corrected chi connectivity index (χ0v) is 25.9. The number of nitrogens with one attached hydrogen (secondary N) is 1. The summed E-state index contributed by atoms with van der Waals surface area (Å²) in [5.74, 6) is -2.37. The Labute approximate surface area is 271 Å². The van der Waals surface area contributed by atoms with Crippen LogP contribution in [-0.4, -0.2) is 63.4 Å². The molecule has 6 heterocycles. The summed E-state index contributed by atoms with van der Waals surface area (Å²) in [5, 5.41) is 3.01. The van der Waals surface area contributed by atoms with E-state index in [9.17, 15) is 22.0 Å². The quantitative estimate of drug-likeness (QED) is 0.270. The number of halogens is 6. The SMILES string of the molecule is Cc1cc(N)nc(-c2cc3c4c(c2Cl)NCN=C4N(Cc2cccnc2N)C=C(OC[C@]24CCCN2CC(F)(F)C4)O3)c1C(F)(F)F. The number of aromatic nitrogens is 2. The third-order valence-electron chi connectivity index (χ3n) is 8.96. The van der Waals surface area contributed by atoms with Gasteiger partial charge in [0.15, 0.2) is 0 Å². The molecule has 0 unspecified atom stereocenters. The van der Waals surface area contributed by atoms with Crippen LogP contribution in [0.1, 0.15) is 41.5 Å². The van der Waals surface area contributed by atoms with Gasteiger partial charge in [0.2, 0.25) is 0 Å². The Hall–Kier alpha value is -4.37. The Morgan fingerprint density at radius 2 is 2.02 bits per heavy atom. The molecule has 4 aliphatic rings. The number of benzene rings is 1. The van der Waals surface area contributed by atoms with Crippen LogP contribution in [-0.2, 0) is 17.5 Å². The summed E-state index contributed by atoms with van der Waals surface area (Å²) in [5.41, 5.74) is 10.7. The van der Waals surface area contributed by atoms with E-state index >= 15 is 0 Å². The molecule has 2 saturated heterocycles. The monoisotopic (exact) mass is 676 g/mol. The molecule has 0 radical (unpaired) electrons. The Kier molecular flexibility index (Phi) is 7.39. The standard InChI is InChI=1S/C31H30ClF5N8O2/c1-16-8-20(38)43-25(23(16)31(35,36)37)18-9-19-22-26(24(18)32)41-15-42-28(22)44(10-17-4-2-6-40-27(17)39)11-21(47-19)46-14-29-5-3-7-45(29)13-30(33,34)12-29/h2,4,6,8-9,11,41H,3,5,7,10,12-15H2,1H3,(H2,38,43)(H2,39,40)/t29-/m1/s1. The lowest BCUT2D eigenvalue weighted by molar-refractivity contribution is -0.137. The fraction of sp³-hybridized carbons (Fsp3) is 0.387. The van der Waals surface area contributed by atoms with Crippen molar-refractivity contribution in [2.75, 3.05) is 43.1 Å². The van der Waals surface area contributed by atoms with E-state index in [1.807, 2.05) is 0 Å². The fourth-order valence-electron chi connectivity index (χ4n) is 6.99. The van der Waals surface area contributed by atoms with Gasteiger partial charge in [0.05, 0.1) is 52.4 Å². The number of aryl methyl sites for hydroxylation is 1. The third-order valence-corrected chi connectivity index (χ3v) is 9.35. The van der Waals surface area contributed by atoms with Crippen molar-refractivity contribution in [3.05, 3.63) is 69.9 Å². The second-order valence-corrected chi connectivity index (χ2v) is 12.6. The molecule has 1 aromatic carbocycles. The molecule has 0 bridgehead atoms. The molecule has 0 saturated carbocycles. The van der Waals surface area contributed by atoms with Crippen LogP contribution in [0.25, 0.3) is 11.3 Å². The van der Waals surface area contributed by atoms with Crippen LogP contribution in [0.15, 0.2) is 47.6 Å². The van der Waals surface area contributed by atoms with Crippen molar-refractivity contribution in [3.8, 4) is 17.0 Å². The first-order chi connectivity index (χ1) is 22.2. The molecule has 1 atom stereocenters. The molecule has 16 heteroatoms. The molecule has 10 nitrogen and oxygen atoms in total. The van der Waals surface area contributed by atoms with E-state index in [0.29, 0.717) is 29.9 Å². The lowest BCUT2D eigenvalue weighted by atomic mass is 9.94. The number of fused-ring (bicyclic) bond motifs is 1. The van der Waals surface area contributed by atoms with Gasteiger partial charge in [-0.2, -0.15) is 13.2 Å². The number of nitrogen functional groups attached to an aromatic ring is 2. The van der Waals surface area contributed by atoms with Gasteiger partial charge >= 0.3 is 12.1 Å². The maximum absolute atomic E-state index is 14.5. The van der Waals surface area contributed by atoms with Crippen molar-refractivity contribution in [3.63, 3.8) is 0 Å². The highest BCUT2D eigenvalue weighted by atomic mass is 35.5. The van der Waals surface area contributed by atoms with Crippen LogP contribution in [0, 0.1) is 6.92 Å². The average molecular weight is 677 g/mol. The van der Waals surface area contributed by atoms with E-state index in [1.54, 1.807) is 28.1 Å². The molecule has 2 fully saturated rings. The van der Waals surface area contributed by atoms with Gasteiger partial charge < -0.3 is 31.2 Å². The number of hydrogen-bond donors (Lipinski definition) is 3. The molecule has 7 rings (SSSR count). The fourth-order valence-corrected chi connectivity index (χ4v) is 7.29. The number of nitrogens with two attached hydrogens (primary N) is 2. The number of hydrogen-bond acceptors (Lipinski definition) is 10. The minimum atomic E-state index is -4.78. The molecule has 4 aliphatic heterocycles. The second-order valence-electron chi connectivity index (χ2n) is 12.2. The van der Waals surface area contributed by atoms with Crippen LogP contribution in [0.2, 0.25) is 5.02 Å². The average Bonchev–Trinajstić information content (AvgIpc) is 3.42. The Morgan fingerprint density at radius 1 is 1.21 bits per heavy atom. The summed E-state index contributed by atoms with van der Waals surface area (Å²) in [6.45, 7) is 1.54. The van der Waals surface area contributed by atoms with Crippen molar-refractivity contribution >= 4 is 34.8 Å². The maximum atomic E-state index is 14.5. The van der Waals surface area contributed by atoms with Gasteiger partial charge in [-0.1, -0.05) is 17.7 Å². The highest BCUT2D eigenvalue weighted by molar-refractivity contribution is 6.37. The molecule has 0 spiro atoms. The summed E-state index contributed by atoms with van der Waals surface area (Å²) in [7, 11) is 0. The highest BCUT2D eigenvalue weighted by Crippen LogP contribution is 2.49. The third kappa shape index (κ3) is 5.54. The minimum Gasteiger partial charge on any atom is -0.462 e. The summed E-state index contributed by atoms with van der Waals surface area (Å²) >= 11 is 6.87. The van der Waals surface area contributed by atoms with Crippen LogP contribution < -0.4 is 21.5 Å². The van der Waals surface area contributed by atoms with Gasteiger partial charge in [-0.25, -0.2) is 23.7 Å². The Balaban J connectivity index is 1.36. The Morgan fingerprint density at radius 3 is 2.79 bits per heavy atom. The number of rotatable bonds is 6. The molecule has 2 aromatic heterocycles. The normalized spacial score (nSPS) is 21.6. The number of aliphatic imine (C=N–C) groups is 1. The maximum Gasteiger partial charge on any atom is 0.418 e. The summed E-state index contributed by atoms with van der Waals surface area (Å²) in [6, 6.07) is 5.98. The number of amidine groups is 1. The number of alkyl halides is 5. The number of anilines is 3. The van der Waals surface area contributed by atoms with Crippen molar-refractivity contribution < 1.29 is 31.4 Å².